The molecule has 1 saturated heterocycles. The van der Waals surface area contributed by atoms with Gasteiger partial charge in [-0.05, 0) is 37.2 Å². The lowest BCUT2D eigenvalue weighted by Crippen LogP contribution is -2.34. The van der Waals surface area contributed by atoms with Crippen LogP contribution in [0.1, 0.15) is 38.7 Å². The highest BCUT2D eigenvalue weighted by molar-refractivity contribution is 5.77. The van der Waals surface area contributed by atoms with Gasteiger partial charge < -0.3 is 10.6 Å². The summed E-state index contributed by atoms with van der Waals surface area (Å²) in [7, 11) is 0. The zero-order valence-electron chi connectivity index (χ0n) is 12.6. The molecule has 2 rings (SSSR count). The first-order chi connectivity index (χ1) is 9.48. The molecule has 1 aliphatic heterocycles. The molecule has 2 atom stereocenters. The van der Waals surface area contributed by atoms with Gasteiger partial charge in [0.25, 0.3) is 0 Å². The molecule has 0 radical (unpaired) electrons. The van der Waals surface area contributed by atoms with Crippen LogP contribution in [0, 0.1) is 5.41 Å². The zero-order chi connectivity index (χ0) is 14.6. The Labute approximate surface area is 122 Å². The van der Waals surface area contributed by atoms with Crippen LogP contribution in [0.25, 0.3) is 0 Å². The summed E-state index contributed by atoms with van der Waals surface area (Å²) >= 11 is 0. The summed E-state index contributed by atoms with van der Waals surface area (Å²) < 4.78 is 0. The van der Waals surface area contributed by atoms with Gasteiger partial charge in [-0.3, -0.25) is 4.79 Å². The topological polar surface area (TPSA) is 46.3 Å². The lowest BCUT2D eigenvalue weighted by atomic mass is 9.83. The summed E-state index contributed by atoms with van der Waals surface area (Å²) in [5.74, 6) is 0.212. The molecule has 1 aromatic carbocycles. The van der Waals surface area contributed by atoms with E-state index in [1.54, 1.807) is 0 Å². The molecule has 0 saturated carbocycles. The second-order valence-corrected chi connectivity index (χ2v) is 6.54. The molecule has 3 heteroatoms. The van der Waals surface area contributed by atoms with Crippen molar-refractivity contribution in [1.82, 2.24) is 4.90 Å². The number of nitrogens with two attached hydrogens (primary N) is 1. The third kappa shape index (κ3) is 4.07. The molecular weight excluding hydrogens is 248 g/mol. The standard InChI is InChI=1S/C17H26N2O/c1-14(18)12-16(20)19-11-10-17(2,13-19)9-8-15-6-4-3-5-7-15/h3-7,14H,8-13,18H2,1-2H3. The van der Waals surface area contributed by atoms with Gasteiger partial charge in [0.15, 0.2) is 0 Å². The van der Waals surface area contributed by atoms with Crippen LogP contribution in [0.2, 0.25) is 0 Å². The zero-order valence-corrected chi connectivity index (χ0v) is 12.6. The van der Waals surface area contributed by atoms with Gasteiger partial charge in [-0.1, -0.05) is 37.3 Å². The molecule has 0 aromatic heterocycles. The number of hydrogen-bond acceptors (Lipinski definition) is 2. The highest BCUT2D eigenvalue weighted by atomic mass is 16.2. The third-order valence-corrected chi connectivity index (χ3v) is 4.27. The average molecular weight is 274 g/mol. The van der Waals surface area contributed by atoms with Gasteiger partial charge in [0.1, 0.15) is 0 Å². The van der Waals surface area contributed by atoms with Crippen molar-refractivity contribution in [2.75, 3.05) is 13.1 Å². The van der Waals surface area contributed by atoms with E-state index in [9.17, 15) is 4.79 Å². The van der Waals surface area contributed by atoms with E-state index in [1.807, 2.05) is 11.8 Å². The molecule has 1 aromatic rings. The van der Waals surface area contributed by atoms with Gasteiger partial charge in [-0.25, -0.2) is 0 Å². The Morgan fingerprint density at radius 1 is 1.40 bits per heavy atom. The average Bonchev–Trinajstić information content (AvgIpc) is 2.80. The first kappa shape index (κ1) is 15.0. The fraction of sp³-hybridized carbons (Fsp3) is 0.588. The van der Waals surface area contributed by atoms with Crippen molar-refractivity contribution >= 4 is 5.91 Å². The van der Waals surface area contributed by atoms with E-state index in [1.165, 1.54) is 5.56 Å². The maximum atomic E-state index is 12.1. The van der Waals surface area contributed by atoms with Crippen molar-refractivity contribution in [1.29, 1.82) is 0 Å². The monoisotopic (exact) mass is 274 g/mol. The minimum Gasteiger partial charge on any atom is -0.342 e. The molecule has 0 bridgehead atoms. The highest BCUT2D eigenvalue weighted by Gasteiger charge is 2.35. The number of hydrogen-bond donors (Lipinski definition) is 1. The number of benzene rings is 1. The molecule has 1 fully saturated rings. The number of nitrogens with zero attached hydrogens (tertiary/aromatic N) is 1. The van der Waals surface area contributed by atoms with Gasteiger partial charge in [0.05, 0.1) is 0 Å². The second-order valence-electron chi connectivity index (χ2n) is 6.54. The lowest BCUT2D eigenvalue weighted by molar-refractivity contribution is -0.130. The predicted octanol–water partition coefficient (Wildman–Crippen LogP) is 2.60. The van der Waals surface area contributed by atoms with Crippen molar-refractivity contribution in [3.05, 3.63) is 35.9 Å². The molecule has 2 unspecified atom stereocenters. The maximum Gasteiger partial charge on any atom is 0.224 e. The van der Waals surface area contributed by atoms with E-state index >= 15 is 0 Å². The van der Waals surface area contributed by atoms with E-state index in [4.69, 9.17) is 5.73 Å². The van der Waals surface area contributed by atoms with Crippen LogP contribution in [-0.2, 0) is 11.2 Å². The number of carbonyl (C=O) groups is 1. The molecule has 20 heavy (non-hydrogen) atoms. The van der Waals surface area contributed by atoms with Crippen LogP contribution in [0.4, 0.5) is 0 Å². The van der Waals surface area contributed by atoms with Crippen molar-refractivity contribution in [3.63, 3.8) is 0 Å². The summed E-state index contributed by atoms with van der Waals surface area (Å²) in [6.45, 7) is 5.96. The highest BCUT2D eigenvalue weighted by Crippen LogP contribution is 2.34. The van der Waals surface area contributed by atoms with Crippen molar-refractivity contribution < 1.29 is 4.79 Å². The summed E-state index contributed by atoms with van der Waals surface area (Å²) in [5, 5.41) is 0. The molecule has 1 amide bonds. The number of rotatable bonds is 5. The summed E-state index contributed by atoms with van der Waals surface area (Å²) in [6.07, 6.45) is 3.80. The van der Waals surface area contributed by atoms with E-state index in [0.717, 1.165) is 32.4 Å². The number of carbonyl (C=O) groups excluding carboxylic acids is 1. The molecule has 110 valence electrons. The van der Waals surface area contributed by atoms with E-state index in [0.29, 0.717) is 6.42 Å². The van der Waals surface area contributed by atoms with Crippen molar-refractivity contribution in [2.24, 2.45) is 11.1 Å². The summed E-state index contributed by atoms with van der Waals surface area (Å²) in [5.41, 5.74) is 7.35. The Morgan fingerprint density at radius 2 is 2.10 bits per heavy atom. The molecule has 3 nitrogen and oxygen atoms in total. The number of aryl methyl sites for hydroxylation is 1. The SMILES string of the molecule is CC(N)CC(=O)N1CCC(C)(CCc2ccccc2)C1. The van der Waals surface area contributed by atoms with Crippen LogP contribution in [-0.4, -0.2) is 29.9 Å². The van der Waals surface area contributed by atoms with E-state index < -0.39 is 0 Å². The number of amides is 1. The normalized spacial score (nSPS) is 23.9. The minimum atomic E-state index is -0.0429. The Kier molecular flexibility index (Phi) is 4.81. The van der Waals surface area contributed by atoms with Crippen LogP contribution in [0.5, 0.6) is 0 Å². The van der Waals surface area contributed by atoms with Gasteiger partial charge in [-0.2, -0.15) is 0 Å². The van der Waals surface area contributed by atoms with Crippen LogP contribution >= 0.6 is 0 Å². The molecule has 1 heterocycles. The van der Waals surface area contributed by atoms with E-state index in [2.05, 4.69) is 37.3 Å². The van der Waals surface area contributed by atoms with Crippen molar-refractivity contribution in [2.45, 2.75) is 45.6 Å². The van der Waals surface area contributed by atoms with Gasteiger partial charge in [0, 0.05) is 25.6 Å². The Bertz CT molecular complexity index is 444. The lowest BCUT2D eigenvalue weighted by Gasteiger charge is -2.25. The van der Waals surface area contributed by atoms with Crippen LogP contribution < -0.4 is 5.73 Å². The first-order valence-corrected chi connectivity index (χ1v) is 7.56. The Balaban J connectivity index is 1.85. The minimum absolute atomic E-state index is 0.0429. The van der Waals surface area contributed by atoms with E-state index in [-0.39, 0.29) is 17.4 Å². The molecule has 2 N–H and O–H groups in total. The Morgan fingerprint density at radius 3 is 2.75 bits per heavy atom. The summed E-state index contributed by atoms with van der Waals surface area (Å²) in [6, 6.07) is 10.5. The quantitative estimate of drug-likeness (QED) is 0.897. The number of likely N-dealkylation sites (tertiary alicyclic amines) is 1. The second kappa shape index (κ2) is 6.40. The first-order valence-electron chi connectivity index (χ1n) is 7.56. The Hall–Kier alpha value is -1.35. The van der Waals surface area contributed by atoms with Gasteiger partial charge in [0.2, 0.25) is 5.91 Å². The molecule has 0 aliphatic carbocycles. The predicted molar refractivity (Wildman–Crippen MR) is 82.3 cm³/mol. The van der Waals surface area contributed by atoms with Crippen molar-refractivity contribution in [3.8, 4) is 0 Å². The third-order valence-electron chi connectivity index (χ3n) is 4.27. The van der Waals surface area contributed by atoms with Gasteiger partial charge >= 0.3 is 0 Å². The maximum absolute atomic E-state index is 12.1. The smallest absolute Gasteiger partial charge is 0.224 e. The van der Waals surface area contributed by atoms with Crippen LogP contribution in [0.15, 0.2) is 30.3 Å². The fourth-order valence-corrected chi connectivity index (χ4v) is 2.94. The van der Waals surface area contributed by atoms with Crippen LogP contribution in [0.3, 0.4) is 0 Å². The molecule has 0 spiro atoms. The van der Waals surface area contributed by atoms with Gasteiger partial charge in [-0.15, -0.1) is 0 Å². The molecule has 1 aliphatic rings. The fourth-order valence-electron chi connectivity index (χ4n) is 2.94. The largest absolute Gasteiger partial charge is 0.342 e. The molecular formula is C17H26N2O. The summed E-state index contributed by atoms with van der Waals surface area (Å²) in [4.78, 5) is 14.1.